The summed E-state index contributed by atoms with van der Waals surface area (Å²) >= 11 is 1.25. The molecule has 0 radical (unpaired) electrons. The highest BCUT2D eigenvalue weighted by atomic mass is 32.2. The second-order valence-electron chi connectivity index (χ2n) is 4.31. The van der Waals surface area contributed by atoms with Gasteiger partial charge >= 0.3 is 0 Å². The Morgan fingerprint density at radius 1 is 1.15 bits per heavy atom. The Labute approximate surface area is 118 Å². The predicted molar refractivity (Wildman–Crippen MR) is 76.4 cm³/mol. The summed E-state index contributed by atoms with van der Waals surface area (Å²) in [5, 5.41) is 0.605. The van der Waals surface area contributed by atoms with E-state index in [0.29, 0.717) is 10.8 Å². The largest absolute Gasteiger partial charge is 0.399 e. The highest BCUT2D eigenvalue weighted by molar-refractivity contribution is 7.98. The topological polar surface area (TPSA) is 54.7 Å². The predicted octanol–water partition coefficient (Wildman–Crippen LogP) is 3.72. The molecule has 0 aliphatic carbocycles. The number of fused-ring (bicyclic) bond motifs is 1. The van der Waals surface area contributed by atoms with Crippen molar-refractivity contribution in [3.05, 3.63) is 53.6 Å². The number of nitrogens with one attached hydrogen (secondary N) is 1. The monoisotopic (exact) mass is 291 g/mol. The van der Waals surface area contributed by atoms with E-state index in [1.807, 2.05) is 0 Å². The zero-order valence-corrected chi connectivity index (χ0v) is 11.2. The molecule has 0 spiro atoms. The van der Waals surface area contributed by atoms with E-state index in [0.717, 1.165) is 11.0 Å². The van der Waals surface area contributed by atoms with Crippen LogP contribution >= 0.6 is 11.8 Å². The van der Waals surface area contributed by atoms with Crippen molar-refractivity contribution in [2.45, 2.75) is 10.9 Å². The van der Waals surface area contributed by atoms with Crippen LogP contribution in [0, 0.1) is 11.6 Å². The van der Waals surface area contributed by atoms with Crippen molar-refractivity contribution in [3.63, 3.8) is 0 Å². The lowest BCUT2D eigenvalue weighted by atomic mass is 10.2. The summed E-state index contributed by atoms with van der Waals surface area (Å²) in [6.45, 7) is 0. The van der Waals surface area contributed by atoms with Gasteiger partial charge in [0.05, 0.1) is 11.0 Å². The zero-order chi connectivity index (χ0) is 14.1. The standard InChI is InChI=1S/C14H11F2N3S/c15-10-2-1-3-11(16)9(10)7-20-14-18-12-5-4-8(17)6-13(12)19-14/h1-6H,7,17H2,(H,18,19). The van der Waals surface area contributed by atoms with Gasteiger partial charge in [0.25, 0.3) is 0 Å². The number of aromatic amines is 1. The van der Waals surface area contributed by atoms with Crippen LogP contribution in [0.4, 0.5) is 14.5 Å². The number of benzene rings is 2. The molecule has 3 aromatic rings. The lowest BCUT2D eigenvalue weighted by molar-refractivity contribution is 0.566. The number of H-pyrrole nitrogens is 1. The first-order valence-electron chi connectivity index (χ1n) is 5.94. The Kier molecular flexibility index (Phi) is 3.31. The number of aromatic nitrogens is 2. The highest BCUT2D eigenvalue weighted by Crippen LogP contribution is 2.26. The quantitative estimate of drug-likeness (QED) is 0.571. The molecule has 0 fully saturated rings. The minimum absolute atomic E-state index is 0.0532. The van der Waals surface area contributed by atoms with Gasteiger partial charge in [0.15, 0.2) is 5.16 Å². The molecule has 0 saturated heterocycles. The summed E-state index contributed by atoms with van der Waals surface area (Å²) in [5.74, 6) is -0.913. The number of rotatable bonds is 3. The molecule has 2 aromatic carbocycles. The van der Waals surface area contributed by atoms with E-state index in [2.05, 4.69) is 9.97 Å². The molecule has 3 rings (SSSR count). The Morgan fingerprint density at radius 3 is 2.65 bits per heavy atom. The van der Waals surface area contributed by atoms with Crippen molar-refractivity contribution >= 4 is 28.5 Å². The maximum absolute atomic E-state index is 13.5. The average molecular weight is 291 g/mol. The van der Waals surface area contributed by atoms with Gasteiger partial charge in [0.1, 0.15) is 11.6 Å². The molecule has 6 heteroatoms. The first-order chi connectivity index (χ1) is 9.63. The molecular weight excluding hydrogens is 280 g/mol. The highest BCUT2D eigenvalue weighted by Gasteiger charge is 2.10. The molecule has 3 N–H and O–H groups in total. The van der Waals surface area contributed by atoms with Gasteiger partial charge in [-0.1, -0.05) is 17.8 Å². The van der Waals surface area contributed by atoms with Crippen LogP contribution in [0.5, 0.6) is 0 Å². The maximum Gasteiger partial charge on any atom is 0.166 e. The van der Waals surface area contributed by atoms with Gasteiger partial charge < -0.3 is 10.7 Å². The van der Waals surface area contributed by atoms with Crippen LogP contribution in [-0.2, 0) is 5.75 Å². The number of hydrogen-bond acceptors (Lipinski definition) is 3. The lowest BCUT2D eigenvalue weighted by Gasteiger charge is -2.02. The number of imidazole rings is 1. The Bertz CT molecular complexity index is 750. The summed E-state index contributed by atoms with van der Waals surface area (Å²) in [7, 11) is 0. The molecule has 102 valence electrons. The van der Waals surface area contributed by atoms with E-state index in [1.165, 1.54) is 30.0 Å². The number of thioether (sulfide) groups is 1. The molecule has 0 aliphatic heterocycles. The second-order valence-corrected chi connectivity index (χ2v) is 5.27. The minimum Gasteiger partial charge on any atom is -0.399 e. The van der Waals surface area contributed by atoms with E-state index < -0.39 is 11.6 Å². The summed E-state index contributed by atoms with van der Waals surface area (Å²) in [6, 6.07) is 9.18. The van der Waals surface area contributed by atoms with Gasteiger partial charge in [-0.25, -0.2) is 13.8 Å². The third-order valence-electron chi connectivity index (χ3n) is 2.90. The third kappa shape index (κ3) is 2.46. The fourth-order valence-corrected chi connectivity index (χ4v) is 2.78. The fraction of sp³-hybridized carbons (Fsp3) is 0.0714. The fourth-order valence-electron chi connectivity index (χ4n) is 1.88. The molecule has 0 aliphatic rings. The van der Waals surface area contributed by atoms with Crippen molar-refractivity contribution < 1.29 is 8.78 Å². The summed E-state index contributed by atoms with van der Waals surface area (Å²) in [4.78, 5) is 7.41. The number of nitrogen functional groups attached to an aromatic ring is 1. The van der Waals surface area contributed by atoms with Crippen molar-refractivity contribution in [2.24, 2.45) is 0 Å². The van der Waals surface area contributed by atoms with Gasteiger partial charge in [0.2, 0.25) is 0 Å². The van der Waals surface area contributed by atoms with Gasteiger partial charge in [-0.3, -0.25) is 0 Å². The second kappa shape index (κ2) is 5.13. The molecule has 20 heavy (non-hydrogen) atoms. The number of anilines is 1. The molecule has 1 heterocycles. The molecule has 3 nitrogen and oxygen atoms in total. The Balaban J connectivity index is 1.83. The van der Waals surface area contributed by atoms with Crippen molar-refractivity contribution in [2.75, 3.05) is 5.73 Å². The third-order valence-corrected chi connectivity index (χ3v) is 3.80. The van der Waals surface area contributed by atoms with Crippen LogP contribution in [0.1, 0.15) is 5.56 Å². The van der Waals surface area contributed by atoms with Gasteiger partial charge in [-0.2, -0.15) is 0 Å². The first-order valence-corrected chi connectivity index (χ1v) is 6.93. The molecule has 0 amide bonds. The zero-order valence-electron chi connectivity index (χ0n) is 10.4. The van der Waals surface area contributed by atoms with Crippen LogP contribution in [0.2, 0.25) is 0 Å². The first kappa shape index (κ1) is 12.9. The lowest BCUT2D eigenvalue weighted by Crippen LogP contribution is -1.93. The van der Waals surface area contributed by atoms with Crippen LogP contribution in [0.15, 0.2) is 41.6 Å². The minimum atomic E-state index is -0.544. The number of halogens is 2. The van der Waals surface area contributed by atoms with Gasteiger partial charge in [-0.05, 0) is 30.3 Å². The maximum atomic E-state index is 13.5. The number of nitrogens with zero attached hydrogens (tertiary/aromatic N) is 1. The number of hydrogen-bond donors (Lipinski definition) is 2. The van der Waals surface area contributed by atoms with E-state index in [4.69, 9.17) is 5.73 Å². The van der Waals surface area contributed by atoms with E-state index in [1.54, 1.807) is 18.2 Å². The molecule has 0 atom stereocenters. The van der Waals surface area contributed by atoms with Crippen molar-refractivity contribution in [1.82, 2.24) is 9.97 Å². The summed E-state index contributed by atoms with van der Waals surface area (Å²) in [5.41, 5.74) is 7.95. The van der Waals surface area contributed by atoms with Crippen molar-refractivity contribution in [3.8, 4) is 0 Å². The van der Waals surface area contributed by atoms with Gasteiger partial charge in [0, 0.05) is 17.0 Å². The van der Waals surface area contributed by atoms with Crippen LogP contribution in [0.3, 0.4) is 0 Å². The molecule has 0 bridgehead atoms. The summed E-state index contributed by atoms with van der Waals surface area (Å²) in [6.07, 6.45) is 0. The Hall–Kier alpha value is -2.08. The Morgan fingerprint density at radius 2 is 1.90 bits per heavy atom. The summed E-state index contributed by atoms with van der Waals surface area (Å²) < 4.78 is 27.0. The molecule has 0 unspecified atom stereocenters. The average Bonchev–Trinajstić information content (AvgIpc) is 2.80. The van der Waals surface area contributed by atoms with Crippen LogP contribution in [-0.4, -0.2) is 9.97 Å². The SMILES string of the molecule is Nc1ccc2nc(SCc3c(F)cccc3F)[nH]c2c1. The van der Waals surface area contributed by atoms with Crippen molar-refractivity contribution in [1.29, 1.82) is 0 Å². The van der Waals surface area contributed by atoms with E-state index in [-0.39, 0.29) is 11.3 Å². The molecule has 0 saturated carbocycles. The molecule has 1 aromatic heterocycles. The van der Waals surface area contributed by atoms with E-state index in [9.17, 15) is 8.78 Å². The van der Waals surface area contributed by atoms with Crippen LogP contribution in [0.25, 0.3) is 11.0 Å². The molecular formula is C14H11F2N3S. The number of nitrogens with two attached hydrogens (primary N) is 1. The smallest absolute Gasteiger partial charge is 0.166 e. The van der Waals surface area contributed by atoms with Crippen LogP contribution < -0.4 is 5.73 Å². The van der Waals surface area contributed by atoms with Gasteiger partial charge in [-0.15, -0.1) is 0 Å². The normalized spacial score (nSPS) is 11.1. The van der Waals surface area contributed by atoms with E-state index >= 15 is 0 Å².